The largest absolute Gasteiger partial charge is 0.494 e. The smallest absolute Gasteiger partial charge is 0.313 e. The molecular formula is C20H27N3O3S. The van der Waals surface area contributed by atoms with E-state index in [1.165, 1.54) is 17.3 Å². The summed E-state index contributed by atoms with van der Waals surface area (Å²) in [5.41, 5.74) is 1.41. The highest BCUT2D eigenvalue weighted by Crippen LogP contribution is 2.24. The number of hydrogen-bond donors (Lipinski definition) is 1. The topological polar surface area (TPSA) is 77.2 Å². The summed E-state index contributed by atoms with van der Waals surface area (Å²) in [6.45, 7) is 11.4. The summed E-state index contributed by atoms with van der Waals surface area (Å²) in [6, 6.07) is 8.20. The van der Waals surface area contributed by atoms with Crippen LogP contribution in [0.4, 0.5) is 0 Å². The van der Waals surface area contributed by atoms with Crippen molar-refractivity contribution in [3.05, 3.63) is 48.3 Å². The molecule has 2 aromatic rings. The van der Waals surface area contributed by atoms with Crippen molar-refractivity contribution in [2.75, 3.05) is 12.4 Å². The van der Waals surface area contributed by atoms with Crippen LogP contribution in [0.2, 0.25) is 0 Å². The van der Waals surface area contributed by atoms with Crippen molar-refractivity contribution in [1.82, 2.24) is 14.8 Å². The first-order chi connectivity index (χ1) is 12.8. The SMILES string of the molecule is C=CCn1c(CCCOc2ccc(C(C)(C)C)cc2)nnc1SCC(=O)O. The van der Waals surface area contributed by atoms with Crippen molar-refractivity contribution in [3.8, 4) is 5.75 Å². The van der Waals surface area contributed by atoms with Crippen LogP contribution in [0, 0.1) is 0 Å². The van der Waals surface area contributed by atoms with Gasteiger partial charge in [-0.15, -0.1) is 16.8 Å². The van der Waals surface area contributed by atoms with Gasteiger partial charge in [-0.25, -0.2) is 0 Å². The van der Waals surface area contributed by atoms with Crippen molar-refractivity contribution < 1.29 is 14.6 Å². The monoisotopic (exact) mass is 389 g/mol. The molecule has 146 valence electrons. The van der Waals surface area contributed by atoms with E-state index in [0.717, 1.165) is 18.0 Å². The Labute approximate surface area is 164 Å². The van der Waals surface area contributed by atoms with Gasteiger partial charge < -0.3 is 14.4 Å². The molecule has 0 spiro atoms. The lowest BCUT2D eigenvalue weighted by molar-refractivity contribution is -0.133. The van der Waals surface area contributed by atoms with E-state index in [1.54, 1.807) is 6.08 Å². The summed E-state index contributed by atoms with van der Waals surface area (Å²) in [5.74, 6) is 0.756. The number of thioether (sulfide) groups is 1. The maximum Gasteiger partial charge on any atom is 0.313 e. The fourth-order valence-electron chi connectivity index (χ4n) is 2.52. The number of ether oxygens (including phenoxy) is 1. The first-order valence-electron chi connectivity index (χ1n) is 8.92. The van der Waals surface area contributed by atoms with Crippen LogP contribution < -0.4 is 4.74 Å². The summed E-state index contributed by atoms with van der Waals surface area (Å²) in [7, 11) is 0. The Morgan fingerprint density at radius 2 is 2.00 bits per heavy atom. The minimum absolute atomic E-state index is 0.0387. The highest BCUT2D eigenvalue weighted by Gasteiger charge is 2.14. The van der Waals surface area contributed by atoms with Crippen molar-refractivity contribution >= 4 is 17.7 Å². The molecule has 1 N–H and O–H groups in total. The van der Waals surface area contributed by atoms with Gasteiger partial charge in [-0.3, -0.25) is 4.79 Å². The predicted molar refractivity (Wildman–Crippen MR) is 108 cm³/mol. The number of carboxylic acid groups (broad SMARTS) is 1. The molecule has 0 amide bonds. The van der Waals surface area contributed by atoms with Crippen LogP contribution in [0.15, 0.2) is 42.1 Å². The van der Waals surface area contributed by atoms with Crippen molar-refractivity contribution in [1.29, 1.82) is 0 Å². The molecular weight excluding hydrogens is 362 g/mol. The number of aromatic nitrogens is 3. The normalized spacial score (nSPS) is 11.4. The van der Waals surface area contributed by atoms with E-state index in [1.807, 2.05) is 16.7 Å². The Bertz CT molecular complexity index is 764. The molecule has 0 aliphatic carbocycles. The third kappa shape index (κ3) is 6.43. The zero-order valence-electron chi connectivity index (χ0n) is 16.1. The second-order valence-corrected chi connectivity index (χ2v) is 8.15. The Hall–Kier alpha value is -2.28. The van der Waals surface area contributed by atoms with Crippen LogP contribution in [-0.2, 0) is 23.2 Å². The Morgan fingerprint density at radius 3 is 2.59 bits per heavy atom. The number of aryl methyl sites for hydroxylation is 1. The van der Waals surface area contributed by atoms with E-state index in [4.69, 9.17) is 9.84 Å². The number of hydrogen-bond acceptors (Lipinski definition) is 5. The molecule has 1 aromatic heterocycles. The lowest BCUT2D eigenvalue weighted by atomic mass is 9.87. The predicted octanol–water partition coefficient (Wildman–Crippen LogP) is 3.95. The Balaban J connectivity index is 1.87. The maximum atomic E-state index is 10.8. The number of nitrogens with zero attached hydrogens (tertiary/aromatic N) is 3. The van der Waals surface area contributed by atoms with Crippen molar-refractivity contribution in [2.45, 2.75) is 50.7 Å². The van der Waals surface area contributed by atoms with Gasteiger partial charge in [0.2, 0.25) is 0 Å². The lowest BCUT2D eigenvalue weighted by Crippen LogP contribution is -2.10. The van der Waals surface area contributed by atoms with Gasteiger partial charge in [0.05, 0.1) is 12.4 Å². The summed E-state index contributed by atoms with van der Waals surface area (Å²) < 4.78 is 7.72. The number of aliphatic carboxylic acids is 1. The summed E-state index contributed by atoms with van der Waals surface area (Å²) in [6.07, 6.45) is 3.25. The summed E-state index contributed by atoms with van der Waals surface area (Å²) in [4.78, 5) is 10.8. The van der Waals surface area contributed by atoms with Gasteiger partial charge in [-0.1, -0.05) is 50.7 Å². The van der Waals surface area contributed by atoms with Gasteiger partial charge in [0.15, 0.2) is 5.16 Å². The van der Waals surface area contributed by atoms with Gasteiger partial charge in [-0.2, -0.15) is 0 Å². The van der Waals surface area contributed by atoms with Gasteiger partial charge in [0.25, 0.3) is 0 Å². The molecule has 0 aliphatic rings. The zero-order chi connectivity index (χ0) is 19.9. The maximum absolute atomic E-state index is 10.8. The molecule has 0 unspecified atom stereocenters. The molecule has 1 heterocycles. The summed E-state index contributed by atoms with van der Waals surface area (Å²) >= 11 is 1.17. The molecule has 1 aromatic carbocycles. The fraction of sp³-hybridized carbons (Fsp3) is 0.450. The number of allylic oxidation sites excluding steroid dienone is 1. The van der Waals surface area contributed by atoms with E-state index in [2.05, 4.69) is 49.7 Å². The molecule has 0 saturated carbocycles. The van der Waals surface area contributed by atoms with E-state index in [-0.39, 0.29) is 11.2 Å². The van der Waals surface area contributed by atoms with E-state index >= 15 is 0 Å². The van der Waals surface area contributed by atoms with Crippen LogP contribution in [-0.4, -0.2) is 38.2 Å². The van der Waals surface area contributed by atoms with Crippen molar-refractivity contribution in [3.63, 3.8) is 0 Å². The first-order valence-corrected chi connectivity index (χ1v) is 9.90. The second kappa shape index (κ2) is 9.60. The number of rotatable bonds is 10. The highest BCUT2D eigenvalue weighted by molar-refractivity contribution is 7.99. The standard InChI is InChI=1S/C20H27N3O3S/c1-5-12-23-17(21-22-19(23)27-14-18(24)25)7-6-13-26-16-10-8-15(9-11-16)20(2,3)4/h5,8-11H,1,6-7,12-14H2,2-4H3,(H,24,25). The lowest BCUT2D eigenvalue weighted by Gasteiger charge is -2.19. The third-order valence-corrected chi connectivity index (χ3v) is 4.92. The summed E-state index contributed by atoms with van der Waals surface area (Å²) in [5, 5.41) is 17.7. The fourth-order valence-corrected chi connectivity index (χ4v) is 3.21. The average molecular weight is 390 g/mol. The molecule has 0 saturated heterocycles. The van der Waals surface area contributed by atoms with Crippen molar-refractivity contribution in [2.24, 2.45) is 0 Å². The average Bonchev–Trinajstić information content (AvgIpc) is 2.99. The second-order valence-electron chi connectivity index (χ2n) is 7.21. The first kappa shape index (κ1) is 21.0. The van der Waals surface area contributed by atoms with Crippen LogP contribution >= 0.6 is 11.8 Å². The van der Waals surface area contributed by atoms with Crippen LogP contribution in [0.1, 0.15) is 38.6 Å². The van der Waals surface area contributed by atoms with Gasteiger partial charge >= 0.3 is 5.97 Å². The zero-order valence-corrected chi connectivity index (χ0v) is 17.0. The van der Waals surface area contributed by atoms with Gasteiger partial charge in [0.1, 0.15) is 11.6 Å². The van der Waals surface area contributed by atoms with Crippen LogP contribution in [0.5, 0.6) is 5.75 Å². The van der Waals surface area contributed by atoms with Crippen LogP contribution in [0.25, 0.3) is 0 Å². The van der Waals surface area contributed by atoms with Gasteiger partial charge in [0, 0.05) is 13.0 Å². The Morgan fingerprint density at radius 1 is 1.30 bits per heavy atom. The minimum atomic E-state index is -0.874. The van der Waals surface area contributed by atoms with Gasteiger partial charge in [-0.05, 0) is 29.5 Å². The molecule has 0 atom stereocenters. The third-order valence-electron chi connectivity index (χ3n) is 3.96. The molecule has 0 radical (unpaired) electrons. The number of carboxylic acids is 1. The molecule has 27 heavy (non-hydrogen) atoms. The van der Waals surface area contributed by atoms with E-state index < -0.39 is 5.97 Å². The molecule has 0 bridgehead atoms. The minimum Gasteiger partial charge on any atom is -0.494 e. The molecule has 0 fully saturated rings. The molecule has 7 heteroatoms. The quantitative estimate of drug-likeness (QED) is 0.377. The Kier molecular flexibility index (Phi) is 7.47. The molecule has 6 nitrogen and oxygen atoms in total. The number of benzene rings is 1. The molecule has 2 rings (SSSR count). The van der Waals surface area contributed by atoms with Crippen LogP contribution in [0.3, 0.4) is 0 Å². The number of carbonyl (C=O) groups is 1. The molecule has 0 aliphatic heterocycles. The highest BCUT2D eigenvalue weighted by atomic mass is 32.2. The van der Waals surface area contributed by atoms with E-state index in [9.17, 15) is 4.79 Å². The van der Waals surface area contributed by atoms with E-state index in [0.29, 0.717) is 24.7 Å².